The van der Waals surface area contributed by atoms with Gasteiger partial charge in [0.15, 0.2) is 0 Å². The molecule has 6 nitrogen and oxygen atoms in total. The third-order valence-electron chi connectivity index (χ3n) is 2.80. The Morgan fingerprint density at radius 2 is 2.11 bits per heavy atom. The second-order valence-corrected chi connectivity index (χ2v) is 3.99. The molecular formula is C13H16N2O4. The van der Waals surface area contributed by atoms with Crippen LogP contribution in [0.25, 0.3) is 10.9 Å². The van der Waals surface area contributed by atoms with Crippen LogP contribution < -0.4 is 4.74 Å². The van der Waals surface area contributed by atoms with E-state index in [-0.39, 0.29) is 0 Å². The summed E-state index contributed by atoms with van der Waals surface area (Å²) in [6.45, 7) is 1.23. The number of benzene rings is 1. The molecule has 0 saturated heterocycles. The Morgan fingerprint density at radius 3 is 2.74 bits per heavy atom. The van der Waals surface area contributed by atoms with Gasteiger partial charge < -0.3 is 14.2 Å². The predicted octanol–water partition coefficient (Wildman–Crippen LogP) is 1.48. The fraction of sp³-hybridized carbons (Fsp3) is 0.385. The maximum Gasteiger partial charge on any atom is 0.341 e. The number of carbonyl (C=O) groups is 1. The van der Waals surface area contributed by atoms with Crippen molar-refractivity contribution >= 4 is 16.9 Å². The first-order valence-corrected chi connectivity index (χ1v) is 5.82. The Bertz CT molecular complexity index is 592. The average Bonchev–Trinajstić information content (AvgIpc) is 2.84. The van der Waals surface area contributed by atoms with Gasteiger partial charge in [-0.3, -0.25) is 4.68 Å². The first-order chi connectivity index (χ1) is 9.19. The third kappa shape index (κ3) is 2.68. The molecule has 0 fully saturated rings. The van der Waals surface area contributed by atoms with Gasteiger partial charge in [0, 0.05) is 24.8 Å². The monoisotopic (exact) mass is 264 g/mol. The molecule has 0 radical (unpaired) electrons. The van der Waals surface area contributed by atoms with Crippen molar-refractivity contribution in [3.8, 4) is 5.75 Å². The zero-order valence-corrected chi connectivity index (χ0v) is 11.2. The maximum atomic E-state index is 11.7. The Hall–Kier alpha value is -2.08. The lowest BCUT2D eigenvalue weighted by Crippen LogP contribution is -2.04. The van der Waals surface area contributed by atoms with Crippen molar-refractivity contribution in [3.05, 3.63) is 23.9 Å². The van der Waals surface area contributed by atoms with Crippen molar-refractivity contribution in [2.45, 2.75) is 6.54 Å². The molecule has 0 N–H and O–H groups in total. The molecule has 1 aromatic carbocycles. The van der Waals surface area contributed by atoms with Gasteiger partial charge in [0.1, 0.15) is 11.3 Å². The number of rotatable bonds is 5. The predicted molar refractivity (Wildman–Crippen MR) is 69.5 cm³/mol. The largest absolute Gasteiger partial charge is 0.496 e. The van der Waals surface area contributed by atoms with Crippen molar-refractivity contribution < 1.29 is 19.0 Å². The van der Waals surface area contributed by atoms with Crippen LogP contribution in [-0.4, -0.2) is 43.7 Å². The smallest absolute Gasteiger partial charge is 0.341 e. The second kappa shape index (κ2) is 5.71. The van der Waals surface area contributed by atoms with Crippen LogP contribution in [0.15, 0.2) is 18.3 Å². The highest BCUT2D eigenvalue weighted by Gasteiger charge is 2.15. The average molecular weight is 264 g/mol. The van der Waals surface area contributed by atoms with Gasteiger partial charge in [-0.2, -0.15) is 5.10 Å². The van der Waals surface area contributed by atoms with Crippen LogP contribution in [0.5, 0.6) is 5.75 Å². The summed E-state index contributed by atoms with van der Waals surface area (Å²) in [4.78, 5) is 11.7. The first-order valence-electron chi connectivity index (χ1n) is 5.82. The Kier molecular flexibility index (Phi) is 4.01. The van der Waals surface area contributed by atoms with Gasteiger partial charge in [0.25, 0.3) is 0 Å². The summed E-state index contributed by atoms with van der Waals surface area (Å²) in [5.41, 5.74) is 1.16. The van der Waals surface area contributed by atoms with Crippen LogP contribution in [0, 0.1) is 0 Å². The molecule has 1 aromatic heterocycles. The van der Waals surface area contributed by atoms with Crippen LogP contribution in [0.1, 0.15) is 10.4 Å². The minimum Gasteiger partial charge on any atom is -0.496 e. The van der Waals surface area contributed by atoms with Crippen molar-refractivity contribution in [1.29, 1.82) is 0 Å². The normalized spacial score (nSPS) is 10.7. The van der Waals surface area contributed by atoms with Crippen LogP contribution in [0.4, 0.5) is 0 Å². The number of hydrogen-bond acceptors (Lipinski definition) is 5. The number of ether oxygens (including phenoxy) is 3. The molecule has 2 rings (SSSR count). The van der Waals surface area contributed by atoms with Crippen LogP contribution >= 0.6 is 0 Å². The molecule has 0 aliphatic carbocycles. The van der Waals surface area contributed by atoms with Gasteiger partial charge in [-0.15, -0.1) is 0 Å². The van der Waals surface area contributed by atoms with E-state index in [2.05, 4.69) is 5.10 Å². The molecule has 0 amide bonds. The van der Waals surface area contributed by atoms with E-state index in [4.69, 9.17) is 14.2 Å². The lowest BCUT2D eigenvalue weighted by Gasteiger charge is -2.06. The highest BCUT2D eigenvalue weighted by Crippen LogP contribution is 2.25. The van der Waals surface area contributed by atoms with E-state index in [1.807, 2.05) is 6.20 Å². The van der Waals surface area contributed by atoms with E-state index in [1.165, 1.54) is 14.2 Å². The molecule has 6 heteroatoms. The molecule has 0 bridgehead atoms. The molecule has 0 atom stereocenters. The number of carbonyl (C=O) groups excluding carboxylic acids is 1. The van der Waals surface area contributed by atoms with E-state index in [0.29, 0.717) is 24.5 Å². The number of nitrogens with zero attached hydrogens (tertiary/aromatic N) is 2. The Balaban J connectivity index is 2.44. The summed E-state index contributed by atoms with van der Waals surface area (Å²) in [5, 5.41) is 5.25. The number of fused-ring (bicyclic) bond motifs is 1. The lowest BCUT2D eigenvalue weighted by atomic mass is 10.1. The minimum atomic E-state index is -0.427. The molecule has 2 aromatic rings. The molecule has 0 aliphatic heterocycles. The topological polar surface area (TPSA) is 62.6 Å². The highest BCUT2D eigenvalue weighted by molar-refractivity contribution is 5.97. The zero-order valence-electron chi connectivity index (χ0n) is 11.2. The third-order valence-corrected chi connectivity index (χ3v) is 2.80. The summed E-state index contributed by atoms with van der Waals surface area (Å²) in [5.74, 6) is 0.0275. The molecule has 102 valence electrons. The fourth-order valence-electron chi connectivity index (χ4n) is 1.84. The van der Waals surface area contributed by atoms with Gasteiger partial charge in [-0.05, 0) is 6.07 Å². The molecule has 0 spiro atoms. The van der Waals surface area contributed by atoms with Crippen LogP contribution in [0.3, 0.4) is 0 Å². The maximum absolute atomic E-state index is 11.7. The Labute approximate surface area is 110 Å². The minimum absolute atomic E-state index is 0.392. The first kappa shape index (κ1) is 13.4. The van der Waals surface area contributed by atoms with E-state index in [9.17, 15) is 4.79 Å². The van der Waals surface area contributed by atoms with E-state index in [0.717, 1.165) is 10.9 Å². The summed E-state index contributed by atoms with van der Waals surface area (Å²) in [6.07, 6.45) is 1.86. The SMILES string of the molecule is COCCn1cc2cc(C(=O)OC)c(OC)cc2n1. The van der Waals surface area contributed by atoms with Gasteiger partial charge in [-0.1, -0.05) is 0 Å². The molecule has 0 aliphatic rings. The number of esters is 1. The standard InChI is InChI=1S/C13H16N2O4/c1-17-5-4-15-8-9-6-10(13(16)19-3)12(18-2)7-11(9)14-15/h6-8H,4-5H2,1-3H3. The summed E-state index contributed by atoms with van der Waals surface area (Å²) >= 11 is 0. The van der Waals surface area contributed by atoms with Crippen LogP contribution in [-0.2, 0) is 16.0 Å². The zero-order chi connectivity index (χ0) is 13.8. The van der Waals surface area contributed by atoms with E-state index < -0.39 is 5.97 Å². The number of methoxy groups -OCH3 is 3. The highest BCUT2D eigenvalue weighted by atomic mass is 16.5. The summed E-state index contributed by atoms with van der Waals surface area (Å²) < 4.78 is 16.7. The molecular weight excluding hydrogens is 248 g/mol. The van der Waals surface area contributed by atoms with Crippen molar-refractivity contribution in [2.75, 3.05) is 27.9 Å². The van der Waals surface area contributed by atoms with Gasteiger partial charge in [0.05, 0.1) is 32.9 Å². The number of aromatic nitrogens is 2. The molecule has 0 saturated carbocycles. The molecule has 19 heavy (non-hydrogen) atoms. The van der Waals surface area contributed by atoms with Crippen molar-refractivity contribution in [2.24, 2.45) is 0 Å². The summed E-state index contributed by atoms with van der Waals surface area (Å²) in [6, 6.07) is 3.45. The van der Waals surface area contributed by atoms with Crippen molar-refractivity contribution in [3.63, 3.8) is 0 Å². The van der Waals surface area contributed by atoms with Crippen LogP contribution in [0.2, 0.25) is 0 Å². The second-order valence-electron chi connectivity index (χ2n) is 3.99. The quantitative estimate of drug-likeness (QED) is 0.765. The van der Waals surface area contributed by atoms with Crippen molar-refractivity contribution in [1.82, 2.24) is 9.78 Å². The lowest BCUT2D eigenvalue weighted by molar-refractivity contribution is 0.0597. The number of hydrogen-bond donors (Lipinski definition) is 0. The fourth-order valence-corrected chi connectivity index (χ4v) is 1.84. The molecule has 1 heterocycles. The van der Waals surface area contributed by atoms with E-state index >= 15 is 0 Å². The van der Waals surface area contributed by atoms with Gasteiger partial charge in [0.2, 0.25) is 0 Å². The molecule has 0 unspecified atom stereocenters. The summed E-state index contributed by atoms with van der Waals surface area (Å²) in [7, 11) is 4.49. The van der Waals surface area contributed by atoms with Gasteiger partial charge >= 0.3 is 5.97 Å². The Morgan fingerprint density at radius 1 is 1.32 bits per heavy atom. The van der Waals surface area contributed by atoms with Gasteiger partial charge in [-0.25, -0.2) is 4.79 Å². The van der Waals surface area contributed by atoms with E-state index in [1.54, 1.807) is 23.9 Å².